The Morgan fingerprint density at radius 3 is 2.71 bits per heavy atom. The van der Waals surface area contributed by atoms with E-state index in [-0.39, 0.29) is 15.9 Å². The SMILES string of the molecule is NC(=S)c1cccc(CNC(=O)c2cccc(F)c2Br)c1. The molecule has 0 spiro atoms. The van der Waals surface area contributed by atoms with Gasteiger partial charge in [-0.15, -0.1) is 0 Å². The molecule has 0 unspecified atom stereocenters. The minimum atomic E-state index is -0.474. The van der Waals surface area contributed by atoms with Crippen LogP contribution in [0.1, 0.15) is 21.5 Å². The first-order chi connectivity index (χ1) is 9.99. The fourth-order valence-electron chi connectivity index (χ4n) is 1.79. The molecule has 0 radical (unpaired) electrons. The van der Waals surface area contributed by atoms with E-state index in [1.807, 2.05) is 18.2 Å². The molecule has 108 valence electrons. The summed E-state index contributed by atoms with van der Waals surface area (Å²) in [5.41, 5.74) is 7.41. The lowest BCUT2D eigenvalue weighted by Crippen LogP contribution is -2.23. The molecule has 0 aliphatic heterocycles. The lowest BCUT2D eigenvalue weighted by Gasteiger charge is -2.08. The molecule has 0 saturated heterocycles. The lowest BCUT2D eigenvalue weighted by molar-refractivity contribution is 0.0949. The van der Waals surface area contributed by atoms with E-state index in [1.165, 1.54) is 12.1 Å². The van der Waals surface area contributed by atoms with Crippen molar-refractivity contribution in [1.82, 2.24) is 5.32 Å². The highest BCUT2D eigenvalue weighted by molar-refractivity contribution is 9.10. The van der Waals surface area contributed by atoms with Gasteiger partial charge < -0.3 is 11.1 Å². The fourth-order valence-corrected chi connectivity index (χ4v) is 2.36. The van der Waals surface area contributed by atoms with Gasteiger partial charge in [0, 0.05) is 12.1 Å². The van der Waals surface area contributed by atoms with Crippen LogP contribution in [0.15, 0.2) is 46.9 Å². The highest BCUT2D eigenvalue weighted by atomic mass is 79.9. The second-order valence-corrected chi connectivity index (χ2v) is 5.58. The van der Waals surface area contributed by atoms with Crippen LogP contribution >= 0.6 is 28.1 Å². The summed E-state index contributed by atoms with van der Waals surface area (Å²) in [7, 11) is 0. The zero-order valence-corrected chi connectivity index (χ0v) is 13.3. The van der Waals surface area contributed by atoms with Crippen LogP contribution in [-0.4, -0.2) is 10.9 Å². The maximum atomic E-state index is 13.4. The van der Waals surface area contributed by atoms with Gasteiger partial charge in [-0.1, -0.05) is 36.5 Å². The van der Waals surface area contributed by atoms with Crippen LogP contribution in [0.25, 0.3) is 0 Å². The first-order valence-electron chi connectivity index (χ1n) is 6.10. The van der Waals surface area contributed by atoms with E-state index < -0.39 is 5.82 Å². The molecule has 0 bridgehead atoms. The van der Waals surface area contributed by atoms with Gasteiger partial charge in [0.1, 0.15) is 10.8 Å². The van der Waals surface area contributed by atoms with Crippen molar-refractivity contribution < 1.29 is 9.18 Å². The molecule has 0 saturated carbocycles. The van der Waals surface area contributed by atoms with Crippen molar-refractivity contribution in [3.63, 3.8) is 0 Å². The molecule has 0 fully saturated rings. The smallest absolute Gasteiger partial charge is 0.252 e. The Labute approximate surface area is 135 Å². The van der Waals surface area contributed by atoms with E-state index in [4.69, 9.17) is 18.0 Å². The Hall–Kier alpha value is -1.79. The van der Waals surface area contributed by atoms with Crippen LogP contribution in [0.2, 0.25) is 0 Å². The number of rotatable bonds is 4. The molecule has 3 nitrogen and oxygen atoms in total. The number of halogens is 2. The largest absolute Gasteiger partial charge is 0.389 e. The Kier molecular flexibility index (Phi) is 5.03. The van der Waals surface area contributed by atoms with E-state index >= 15 is 0 Å². The molecular formula is C15H12BrFN2OS. The second-order valence-electron chi connectivity index (χ2n) is 4.35. The number of carbonyl (C=O) groups excluding carboxylic acids is 1. The van der Waals surface area contributed by atoms with Gasteiger partial charge in [-0.3, -0.25) is 4.79 Å². The number of nitrogens with one attached hydrogen (secondary N) is 1. The molecule has 21 heavy (non-hydrogen) atoms. The van der Waals surface area contributed by atoms with Crippen molar-refractivity contribution in [2.24, 2.45) is 5.73 Å². The van der Waals surface area contributed by atoms with Gasteiger partial charge in [0.05, 0.1) is 10.0 Å². The maximum absolute atomic E-state index is 13.4. The Morgan fingerprint density at radius 2 is 2.00 bits per heavy atom. The highest BCUT2D eigenvalue weighted by Gasteiger charge is 2.12. The normalized spacial score (nSPS) is 10.2. The van der Waals surface area contributed by atoms with E-state index in [0.717, 1.165) is 11.1 Å². The monoisotopic (exact) mass is 366 g/mol. The van der Waals surface area contributed by atoms with Crippen LogP contribution in [0.3, 0.4) is 0 Å². The summed E-state index contributed by atoms with van der Waals surface area (Å²) < 4.78 is 13.5. The molecule has 2 rings (SSSR count). The summed E-state index contributed by atoms with van der Waals surface area (Å²) in [6.07, 6.45) is 0. The first kappa shape index (κ1) is 15.6. The standard InChI is InChI=1S/C15H12BrFN2OS/c16-13-11(5-2-6-12(13)17)15(20)19-8-9-3-1-4-10(7-9)14(18)21/h1-7H,8H2,(H2,18,21)(H,19,20). The molecule has 6 heteroatoms. The summed E-state index contributed by atoms with van der Waals surface area (Å²) in [6.45, 7) is 0.304. The van der Waals surface area contributed by atoms with Crippen LogP contribution in [0, 0.1) is 5.82 Å². The molecule has 0 aliphatic rings. The van der Waals surface area contributed by atoms with Gasteiger partial charge >= 0.3 is 0 Å². The van der Waals surface area contributed by atoms with Crippen molar-refractivity contribution in [2.45, 2.75) is 6.54 Å². The average Bonchev–Trinajstić information content (AvgIpc) is 2.48. The van der Waals surface area contributed by atoms with Crippen molar-refractivity contribution in [1.29, 1.82) is 0 Å². The molecular weight excluding hydrogens is 355 g/mol. The third-order valence-electron chi connectivity index (χ3n) is 2.86. The van der Waals surface area contributed by atoms with Gasteiger partial charge in [0.15, 0.2) is 0 Å². The molecule has 2 aromatic rings. The average molecular weight is 367 g/mol. The number of amides is 1. The van der Waals surface area contributed by atoms with Gasteiger partial charge in [-0.2, -0.15) is 0 Å². The number of hydrogen-bond donors (Lipinski definition) is 2. The first-order valence-corrected chi connectivity index (χ1v) is 7.30. The fraction of sp³-hybridized carbons (Fsp3) is 0.0667. The summed E-state index contributed by atoms with van der Waals surface area (Å²) in [6, 6.07) is 11.6. The summed E-state index contributed by atoms with van der Waals surface area (Å²) >= 11 is 7.98. The Morgan fingerprint density at radius 1 is 1.29 bits per heavy atom. The highest BCUT2D eigenvalue weighted by Crippen LogP contribution is 2.20. The third-order valence-corrected chi connectivity index (χ3v) is 3.90. The van der Waals surface area contributed by atoms with Crippen LogP contribution in [-0.2, 0) is 6.54 Å². The molecule has 1 amide bonds. The van der Waals surface area contributed by atoms with E-state index in [0.29, 0.717) is 11.5 Å². The zero-order valence-electron chi connectivity index (χ0n) is 10.9. The summed E-state index contributed by atoms with van der Waals surface area (Å²) in [4.78, 5) is 12.4. The minimum Gasteiger partial charge on any atom is -0.389 e. The van der Waals surface area contributed by atoms with E-state index in [9.17, 15) is 9.18 Å². The van der Waals surface area contributed by atoms with E-state index in [1.54, 1.807) is 12.1 Å². The quantitative estimate of drug-likeness (QED) is 0.817. The zero-order chi connectivity index (χ0) is 15.4. The molecule has 2 aromatic carbocycles. The van der Waals surface area contributed by atoms with Crippen LogP contribution in [0.4, 0.5) is 4.39 Å². The minimum absolute atomic E-state index is 0.152. The predicted molar refractivity (Wildman–Crippen MR) is 87.6 cm³/mol. The van der Waals surface area contributed by atoms with Gasteiger partial charge in [0.2, 0.25) is 0 Å². The molecule has 0 atom stereocenters. The number of benzene rings is 2. The van der Waals surface area contributed by atoms with Crippen molar-refractivity contribution >= 4 is 39.0 Å². The maximum Gasteiger partial charge on any atom is 0.252 e. The Bertz CT molecular complexity index is 706. The number of thiocarbonyl (C=S) groups is 1. The van der Waals surface area contributed by atoms with Crippen molar-refractivity contribution in [3.8, 4) is 0 Å². The second kappa shape index (κ2) is 6.78. The van der Waals surface area contributed by atoms with Crippen molar-refractivity contribution in [2.75, 3.05) is 0 Å². The number of carbonyl (C=O) groups is 1. The molecule has 3 N–H and O–H groups in total. The van der Waals surface area contributed by atoms with Gasteiger partial charge in [-0.05, 0) is 39.7 Å². The molecule has 0 aliphatic carbocycles. The molecule has 0 aromatic heterocycles. The number of hydrogen-bond acceptors (Lipinski definition) is 2. The molecule has 0 heterocycles. The van der Waals surface area contributed by atoms with Gasteiger partial charge in [-0.25, -0.2) is 4.39 Å². The van der Waals surface area contributed by atoms with Crippen molar-refractivity contribution in [3.05, 3.63) is 69.4 Å². The topological polar surface area (TPSA) is 55.1 Å². The third kappa shape index (κ3) is 3.86. The predicted octanol–water partition coefficient (Wildman–Crippen LogP) is 3.15. The summed E-state index contributed by atoms with van der Waals surface area (Å²) in [5, 5.41) is 2.73. The Balaban J connectivity index is 2.09. The summed E-state index contributed by atoms with van der Waals surface area (Å²) in [5.74, 6) is -0.833. The number of nitrogens with two attached hydrogens (primary N) is 1. The van der Waals surface area contributed by atoms with Crippen LogP contribution < -0.4 is 11.1 Å². The van der Waals surface area contributed by atoms with Gasteiger partial charge in [0.25, 0.3) is 5.91 Å². The lowest BCUT2D eigenvalue weighted by atomic mass is 10.1. The van der Waals surface area contributed by atoms with Crippen LogP contribution in [0.5, 0.6) is 0 Å². The van der Waals surface area contributed by atoms with E-state index in [2.05, 4.69) is 21.2 Å².